The molecule has 19 heavy (non-hydrogen) atoms. The van der Waals surface area contributed by atoms with Crippen LogP contribution in [0.15, 0.2) is 4.34 Å². The molecule has 0 bridgehead atoms. The Morgan fingerprint density at radius 2 is 2.26 bits per heavy atom. The first-order valence-electron chi connectivity index (χ1n) is 6.16. The van der Waals surface area contributed by atoms with Gasteiger partial charge in [-0.1, -0.05) is 35.9 Å². The minimum Gasteiger partial charge on any atom is -0.481 e. The minimum atomic E-state index is -0.829. The molecule has 0 spiro atoms. The SMILES string of the molecule is CSC1CCCCC1Nc1nnc(SCC(=O)O)s1. The van der Waals surface area contributed by atoms with E-state index >= 15 is 0 Å². The molecule has 1 heterocycles. The molecular weight excluding hydrogens is 302 g/mol. The summed E-state index contributed by atoms with van der Waals surface area (Å²) in [6, 6.07) is 0.453. The Morgan fingerprint density at radius 3 is 3.00 bits per heavy atom. The summed E-state index contributed by atoms with van der Waals surface area (Å²) >= 11 is 4.56. The Bertz CT molecular complexity index is 427. The molecule has 106 valence electrons. The second-order valence-electron chi connectivity index (χ2n) is 4.36. The summed E-state index contributed by atoms with van der Waals surface area (Å²) < 4.78 is 0.710. The van der Waals surface area contributed by atoms with Crippen molar-refractivity contribution in [3.05, 3.63) is 0 Å². The highest BCUT2D eigenvalue weighted by atomic mass is 32.2. The number of aliphatic carboxylic acids is 1. The van der Waals surface area contributed by atoms with E-state index in [2.05, 4.69) is 21.8 Å². The maximum absolute atomic E-state index is 10.5. The van der Waals surface area contributed by atoms with Crippen LogP contribution in [0.1, 0.15) is 25.7 Å². The van der Waals surface area contributed by atoms with Crippen LogP contribution in [0.3, 0.4) is 0 Å². The van der Waals surface area contributed by atoms with Gasteiger partial charge in [-0.2, -0.15) is 11.8 Å². The van der Waals surface area contributed by atoms with Crippen LogP contribution in [0.2, 0.25) is 0 Å². The van der Waals surface area contributed by atoms with Crippen molar-refractivity contribution in [2.24, 2.45) is 0 Å². The summed E-state index contributed by atoms with van der Waals surface area (Å²) in [6.07, 6.45) is 7.13. The zero-order chi connectivity index (χ0) is 13.7. The van der Waals surface area contributed by atoms with Gasteiger partial charge in [-0.15, -0.1) is 10.2 Å². The van der Waals surface area contributed by atoms with Gasteiger partial charge in [0.15, 0.2) is 4.34 Å². The number of hydrogen-bond donors (Lipinski definition) is 2. The van der Waals surface area contributed by atoms with E-state index in [1.807, 2.05) is 11.8 Å². The Labute approximate surface area is 125 Å². The average molecular weight is 319 g/mol. The Balaban J connectivity index is 1.89. The normalized spacial score (nSPS) is 23.2. The molecule has 1 aliphatic carbocycles. The van der Waals surface area contributed by atoms with Crippen molar-refractivity contribution in [2.45, 2.75) is 41.3 Å². The van der Waals surface area contributed by atoms with E-state index in [1.54, 1.807) is 0 Å². The van der Waals surface area contributed by atoms with Crippen LogP contribution in [0.5, 0.6) is 0 Å². The lowest BCUT2D eigenvalue weighted by atomic mass is 9.95. The fraction of sp³-hybridized carbons (Fsp3) is 0.727. The molecule has 1 fully saturated rings. The molecule has 1 saturated carbocycles. The monoisotopic (exact) mass is 319 g/mol. The van der Waals surface area contributed by atoms with Gasteiger partial charge in [0.05, 0.1) is 5.75 Å². The third-order valence-corrected chi connectivity index (χ3v) is 6.18. The van der Waals surface area contributed by atoms with Gasteiger partial charge >= 0.3 is 5.97 Å². The van der Waals surface area contributed by atoms with Crippen LogP contribution in [0.4, 0.5) is 5.13 Å². The molecular formula is C11H17N3O2S3. The second kappa shape index (κ2) is 7.35. The fourth-order valence-corrected chi connectivity index (χ4v) is 4.62. The van der Waals surface area contributed by atoms with Crippen LogP contribution in [0.25, 0.3) is 0 Å². The second-order valence-corrected chi connectivity index (χ2v) is 7.64. The maximum atomic E-state index is 10.5. The van der Waals surface area contributed by atoms with E-state index in [-0.39, 0.29) is 5.75 Å². The fourth-order valence-electron chi connectivity index (χ4n) is 2.15. The molecule has 0 saturated heterocycles. The first-order valence-corrected chi connectivity index (χ1v) is 9.25. The zero-order valence-electron chi connectivity index (χ0n) is 10.7. The molecule has 0 amide bonds. The van der Waals surface area contributed by atoms with E-state index in [0.29, 0.717) is 15.6 Å². The topological polar surface area (TPSA) is 75.1 Å². The van der Waals surface area contributed by atoms with Crippen LogP contribution in [0, 0.1) is 0 Å². The van der Waals surface area contributed by atoms with Gasteiger partial charge < -0.3 is 10.4 Å². The van der Waals surface area contributed by atoms with Crippen molar-refractivity contribution < 1.29 is 9.90 Å². The number of nitrogens with one attached hydrogen (secondary N) is 1. The number of hydrogen-bond acceptors (Lipinski definition) is 7. The number of nitrogens with zero attached hydrogens (tertiary/aromatic N) is 2. The highest BCUT2D eigenvalue weighted by molar-refractivity contribution is 8.01. The van der Waals surface area contributed by atoms with Crippen molar-refractivity contribution in [2.75, 3.05) is 17.3 Å². The first-order chi connectivity index (χ1) is 9.19. The molecule has 1 aliphatic rings. The molecule has 1 aromatic heterocycles. The third-order valence-electron chi connectivity index (χ3n) is 3.04. The van der Waals surface area contributed by atoms with E-state index in [1.165, 1.54) is 48.8 Å². The Hall–Kier alpha value is -0.470. The maximum Gasteiger partial charge on any atom is 0.313 e. The van der Waals surface area contributed by atoms with Gasteiger partial charge in [0.25, 0.3) is 0 Å². The van der Waals surface area contributed by atoms with E-state index < -0.39 is 5.97 Å². The summed E-state index contributed by atoms with van der Waals surface area (Å²) in [4.78, 5) is 10.5. The van der Waals surface area contributed by atoms with Gasteiger partial charge in [0.2, 0.25) is 5.13 Å². The molecule has 0 radical (unpaired) electrons. The Morgan fingerprint density at radius 1 is 1.47 bits per heavy atom. The summed E-state index contributed by atoms with van der Waals surface area (Å²) in [7, 11) is 0. The molecule has 2 atom stereocenters. The standard InChI is InChI=1S/C11H17N3O2S3/c1-17-8-5-3-2-4-7(8)12-10-13-14-11(19-10)18-6-9(15)16/h7-8H,2-6H2,1H3,(H,12,13)(H,15,16). The predicted molar refractivity (Wildman–Crippen MR) is 81.5 cm³/mol. The van der Waals surface area contributed by atoms with Crippen LogP contribution in [-0.4, -0.2) is 44.6 Å². The Kier molecular flexibility index (Phi) is 5.77. The third kappa shape index (κ3) is 4.54. The van der Waals surface area contributed by atoms with Crippen LogP contribution >= 0.6 is 34.9 Å². The van der Waals surface area contributed by atoms with Gasteiger partial charge in [-0.05, 0) is 19.1 Å². The lowest BCUT2D eigenvalue weighted by molar-refractivity contribution is -0.133. The summed E-state index contributed by atoms with van der Waals surface area (Å²) in [5.41, 5.74) is 0. The smallest absolute Gasteiger partial charge is 0.313 e. The molecule has 2 unspecified atom stereocenters. The number of thioether (sulfide) groups is 2. The minimum absolute atomic E-state index is 0.0332. The summed E-state index contributed by atoms with van der Waals surface area (Å²) in [5, 5.41) is 21.6. The van der Waals surface area contributed by atoms with E-state index in [9.17, 15) is 4.79 Å². The summed E-state index contributed by atoms with van der Waals surface area (Å²) in [6.45, 7) is 0. The number of rotatable bonds is 6. The lowest BCUT2D eigenvalue weighted by Crippen LogP contribution is -2.34. The van der Waals surface area contributed by atoms with Crippen LogP contribution in [-0.2, 0) is 4.79 Å². The molecule has 0 aliphatic heterocycles. The molecule has 1 aromatic rings. The molecule has 2 N–H and O–H groups in total. The van der Waals surface area contributed by atoms with Gasteiger partial charge in [0.1, 0.15) is 0 Å². The van der Waals surface area contributed by atoms with Crippen molar-refractivity contribution in [3.63, 3.8) is 0 Å². The molecule has 0 aromatic carbocycles. The van der Waals surface area contributed by atoms with Crippen molar-refractivity contribution >= 4 is 46.0 Å². The number of carboxylic acid groups (broad SMARTS) is 1. The van der Waals surface area contributed by atoms with Gasteiger partial charge in [0, 0.05) is 11.3 Å². The highest BCUT2D eigenvalue weighted by Crippen LogP contribution is 2.31. The molecule has 8 heteroatoms. The number of carboxylic acids is 1. The number of anilines is 1. The van der Waals surface area contributed by atoms with Crippen molar-refractivity contribution in [1.82, 2.24) is 10.2 Å². The van der Waals surface area contributed by atoms with E-state index in [0.717, 1.165) is 5.13 Å². The number of carbonyl (C=O) groups is 1. The number of aromatic nitrogens is 2. The largest absolute Gasteiger partial charge is 0.481 e. The first kappa shape index (κ1) is 14.9. The van der Waals surface area contributed by atoms with Gasteiger partial charge in [-0.25, -0.2) is 0 Å². The lowest BCUT2D eigenvalue weighted by Gasteiger charge is -2.30. The molecule has 5 nitrogen and oxygen atoms in total. The highest BCUT2D eigenvalue weighted by Gasteiger charge is 2.25. The van der Waals surface area contributed by atoms with Gasteiger partial charge in [-0.3, -0.25) is 4.79 Å². The summed E-state index contributed by atoms with van der Waals surface area (Å²) in [5.74, 6) is -0.796. The zero-order valence-corrected chi connectivity index (χ0v) is 13.1. The average Bonchev–Trinajstić information content (AvgIpc) is 2.85. The predicted octanol–water partition coefficient (Wildman–Crippen LogP) is 2.80. The van der Waals surface area contributed by atoms with Crippen molar-refractivity contribution in [3.8, 4) is 0 Å². The van der Waals surface area contributed by atoms with Crippen LogP contribution < -0.4 is 5.32 Å². The molecule has 2 rings (SSSR count). The van der Waals surface area contributed by atoms with E-state index in [4.69, 9.17) is 5.11 Å². The van der Waals surface area contributed by atoms with Crippen molar-refractivity contribution in [1.29, 1.82) is 0 Å². The quantitative estimate of drug-likeness (QED) is 0.781.